The van der Waals surface area contributed by atoms with E-state index in [1.54, 1.807) is 28.4 Å². The number of amides is 1. The number of carbonyl (C=O) groups excluding carboxylic acids is 1. The zero-order chi connectivity index (χ0) is 31.9. The third kappa shape index (κ3) is 5.89. The highest BCUT2D eigenvalue weighted by Gasteiger charge is 2.50. The number of piperidine rings is 3. The molecule has 4 aliphatic heterocycles. The van der Waals surface area contributed by atoms with Gasteiger partial charge in [0.1, 0.15) is 5.76 Å². The van der Waals surface area contributed by atoms with Gasteiger partial charge in [-0.1, -0.05) is 18.6 Å². The summed E-state index contributed by atoms with van der Waals surface area (Å²) in [6, 6.07) is 4.76. The molecule has 3 fully saturated rings. The molecule has 0 bridgehead atoms. The van der Waals surface area contributed by atoms with Crippen LogP contribution in [-0.4, -0.2) is 94.9 Å². The minimum absolute atomic E-state index is 0.0540. The maximum atomic E-state index is 14.4. The average molecular weight is 620 g/mol. The molecule has 8 heteroatoms. The molecule has 0 radical (unpaired) electrons. The van der Waals surface area contributed by atoms with Gasteiger partial charge in [0.05, 0.1) is 28.4 Å². The van der Waals surface area contributed by atoms with E-state index in [0.29, 0.717) is 11.8 Å². The minimum atomic E-state index is -0.0540. The Bertz CT molecular complexity index is 1350. The lowest BCUT2D eigenvalue weighted by Crippen LogP contribution is -2.57. The Morgan fingerprint density at radius 3 is 2.40 bits per heavy atom. The second kappa shape index (κ2) is 13.0. The van der Waals surface area contributed by atoms with Crippen molar-refractivity contribution in [3.05, 3.63) is 59.1 Å². The quantitative estimate of drug-likeness (QED) is 0.351. The summed E-state index contributed by atoms with van der Waals surface area (Å²) >= 11 is 0. The third-order valence-electron chi connectivity index (χ3n) is 11.9. The summed E-state index contributed by atoms with van der Waals surface area (Å²) in [6.07, 6.45) is 10.8. The van der Waals surface area contributed by atoms with Gasteiger partial charge in [0, 0.05) is 50.0 Å². The smallest absolute Gasteiger partial charge is 0.226 e. The van der Waals surface area contributed by atoms with Crippen LogP contribution in [0.2, 0.25) is 0 Å². The highest BCUT2D eigenvalue weighted by Crippen LogP contribution is 2.54. The van der Waals surface area contributed by atoms with Crippen molar-refractivity contribution in [2.24, 2.45) is 23.2 Å². The first-order valence-electron chi connectivity index (χ1n) is 16.9. The van der Waals surface area contributed by atoms with Gasteiger partial charge in [0.25, 0.3) is 0 Å². The number of rotatable bonds is 8. The number of methoxy groups -OCH3 is 4. The number of hydrogen-bond donors (Lipinski definition) is 0. The molecule has 8 nitrogen and oxygen atoms in total. The second-order valence-electron chi connectivity index (χ2n) is 14.2. The summed E-state index contributed by atoms with van der Waals surface area (Å²) in [4.78, 5) is 21.7. The first-order valence-corrected chi connectivity index (χ1v) is 16.9. The number of hydrogen-bond acceptors (Lipinski definition) is 7. The predicted octanol–water partition coefficient (Wildman–Crippen LogP) is 5.60. The fraction of sp³-hybridized carbons (Fsp3) is 0.649. The molecule has 0 spiro atoms. The number of likely N-dealkylation sites (tertiary alicyclic amines) is 2. The van der Waals surface area contributed by atoms with Crippen molar-refractivity contribution in [2.45, 2.75) is 64.0 Å². The van der Waals surface area contributed by atoms with Crippen LogP contribution >= 0.6 is 0 Å². The van der Waals surface area contributed by atoms with Crippen molar-refractivity contribution in [1.29, 1.82) is 0 Å². The molecule has 5 atom stereocenters. The van der Waals surface area contributed by atoms with E-state index >= 15 is 0 Å². The maximum absolute atomic E-state index is 14.4. The van der Waals surface area contributed by atoms with Crippen LogP contribution < -0.4 is 9.47 Å². The van der Waals surface area contributed by atoms with Crippen molar-refractivity contribution in [1.82, 2.24) is 14.7 Å². The standard InChI is InChI=1S/C37H53N3O5/c1-8-27-23-39-15-11-25-17-32(42-4)34(44-6)19-28(25)30(39)21-37(27,2)22-31-29-20-35(45-7)33(43-5)18-26(29)12-16-40(31)36(41)24-9-13-38(3)14-10-24/h8,17-19,24,27,29-31H,1,9-16,20-23H2,2-7H3/t27-,29?,30-,31+,37-/m0/s1. The van der Waals surface area contributed by atoms with Gasteiger partial charge in [-0.15, -0.1) is 6.58 Å². The van der Waals surface area contributed by atoms with Crippen LogP contribution in [0.25, 0.3) is 0 Å². The van der Waals surface area contributed by atoms with Gasteiger partial charge >= 0.3 is 0 Å². The minimum Gasteiger partial charge on any atom is -0.497 e. The van der Waals surface area contributed by atoms with Crippen molar-refractivity contribution >= 4 is 5.91 Å². The third-order valence-corrected chi connectivity index (χ3v) is 11.9. The molecule has 4 heterocycles. The number of nitrogens with zero attached hydrogens (tertiary/aromatic N) is 3. The summed E-state index contributed by atoms with van der Waals surface area (Å²) in [6.45, 7) is 11.5. The molecular weight excluding hydrogens is 566 g/mol. The summed E-state index contributed by atoms with van der Waals surface area (Å²) in [7, 11) is 9.05. The summed E-state index contributed by atoms with van der Waals surface area (Å²) in [5, 5.41) is 0. The molecule has 0 N–H and O–H groups in total. The van der Waals surface area contributed by atoms with Gasteiger partial charge in [-0.3, -0.25) is 9.69 Å². The Morgan fingerprint density at radius 1 is 1.00 bits per heavy atom. The van der Waals surface area contributed by atoms with Crippen LogP contribution in [0.15, 0.2) is 48.0 Å². The zero-order valence-corrected chi connectivity index (χ0v) is 28.3. The Kier molecular flexibility index (Phi) is 9.26. The zero-order valence-electron chi connectivity index (χ0n) is 28.3. The molecule has 0 saturated carbocycles. The topological polar surface area (TPSA) is 63.7 Å². The van der Waals surface area contributed by atoms with Crippen molar-refractivity contribution in [3.63, 3.8) is 0 Å². The van der Waals surface area contributed by atoms with Crippen LogP contribution in [-0.2, 0) is 20.7 Å². The molecule has 0 aromatic heterocycles. The van der Waals surface area contributed by atoms with E-state index in [1.807, 2.05) is 0 Å². The highest BCUT2D eigenvalue weighted by atomic mass is 16.5. The molecule has 5 aliphatic rings. The molecule has 1 amide bonds. The molecule has 1 aliphatic carbocycles. The van der Waals surface area contributed by atoms with Crippen LogP contribution in [0.3, 0.4) is 0 Å². The molecule has 6 rings (SSSR count). The van der Waals surface area contributed by atoms with E-state index in [0.717, 1.165) is 101 Å². The van der Waals surface area contributed by atoms with Gasteiger partial charge in [-0.2, -0.15) is 0 Å². The van der Waals surface area contributed by atoms with E-state index in [-0.39, 0.29) is 29.3 Å². The van der Waals surface area contributed by atoms with Crippen LogP contribution in [0.4, 0.5) is 0 Å². The molecule has 1 aromatic carbocycles. The lowest BCUT2D eigenvalue weighted by Gasteiger charge is -2.55. The SMILES string of the molecule is C=C[C@H]1CN2CCc3cc(OC)c(OC)cc3[C@@H]2C[C@@]1(C)C[C@@H]1C2CC(OC)=C(OC)C=C2CCN1C(=O)C1CCN(C)CC1. The molecule has 1 aromatic rings. The Hall–Kier alpha value is -2.97. The second-order valence-corrected chi connectivity index (χ2v) is 14.2. The van der Waals surface area contributed by atoms with Crippen LogP contribution in [0.1, 0.15) is 62.6 Å². The fourth-order valence-electron chi connectivity index (χ4n) is 9.11. The number of carbonyl (C=O) groups is 1. The predicted molar refractivity (Wildman–Crippen MR) is 176 cm³/mol. The summed E-state index contributed by atoms with van der Waals surface area (Å²) < 4.78 is 23.1. The van der Waals surface area contributed by atoms with Gasteiger partial charge in [-0.25, -0.2) is 0 Å². The van der Waals surface area contributed by atoms with E-state index in [4.69, 9.17) is 18.9 Å². The first kappa shape index (κ1) is 32.0. The number of allylic oxidation sites excluding steroid dienone is 2. The molecular formula is C37H53N3O5. The number of benzene rings is 1. The lowest BCUT2D eigenvalue weighted by molar-refractivity contribution is -0.143. The average Bonchev–Trinajstić information content (AvgIpc) is 3.06. The molecule has 3 saturated heterocycles. The number of ether oxygens (including phenoxy) is 4. The van der Waals surface area contributed by atoms with Gasteiger partial charge in [0.2, 0.25) is 5.91 Å². The van der Waals surface area contributed by atoms with Crippen molar-refractivity contribution in [2.75, 3.05) is 68.2 Å². The Morgan fingerprint density at radius 2 is 1.73 bits per heavy atom. The largest absolute Gasteiger partial charge is 0.497 e. The van der Waals surface area contributed by atoms with E-state index < -0.39 is 0 Å². The lowest BCUT2D eigenvalue weighted by atomic mass is 9.61. The van der Waals surface area contributed by atoms with Crippen LogP contribution in [0.5, 0.6) is 11.5 Å². The summed E-state index contributed by atoms with van der Waals surface area (Å²) in [5.41, 5.74) is 4.04. The summed E-state index contributed by atoms with van der Waals surface area (Å²) in [5.74, 6) is 4.28. The molecule has 45 heavy (non-hydrogen) atoms. The maximum Gasteiger partial charge on any atom is 0.226 e. The Balaban J connectivity index is 1.35. The normalized spacial score (nSPS) is 30.9. The fourth-order valence-corrected chi connectivity index (χ4v) is 9.11. The molecule has 246 valence electrons. The Labute approximate surface area is 270 Å². The van der Waals surface area contributed by atoms with Crippen molar-refractivity contribution in [3.8, 4) is 11.5 Å². The van der Waals surface area contributed by atoms with Crippen molar-refractivity contribution < 1.29 is 23.7 Å². The van der Waals surface area contributed by atoms with E-state index in [2.05, 4.69) is 59.5 Å². The van der Waals surface area contributed by atoms with E-state index in [9.17, 15) is 4.79 Å². The molecule has 1 unspecified atom stereocenters. The highest BCUT2D eigenvalue weighted by molar-refractivity contribution is 5.79. The number of fused-ring (bicyclic) bond motifs is 4. The van der Waals surface area contributed by atoms with E-state index in [1.165, 1.54) is 16.7 Å². The van der Waals surface area contributed by atoms with Gasteiger partial charge in [-0.05, 0) is 99.3 Å². The monoisotopic (exact) mass is 619 g/mol. The van der Waals surface area contributed by atoms with Gasteiger partial charge in [0.15, 0.2) is 17.3 Å². The van der Waals surface area contributed by atoms with Crippen LogP contribution in [0, 0.1) is 23.2 Å². The van der Waals surface area contributed by atoms with Gasteiger partial charge < -0.3 is 28.7 Å². The first-order chi connectivity index (χ1) is 21.7.